The van der Waals surface area contributed by atoms with Gasteiger partial charge in [-0.3, -0.25) is 9.59 Å². The summed E-state index contributed by atoms with van der Waals surface area (Å²) in [5, 5.41) is 5.92. The second-order valence-corrected chi connectivity index (χ2v) is 9.10. The van der Waals surface area contributed by atoms with Crippen molar-refractivity contribution in [2.45, 2.75) is 46.2 Å². The van der Waals surface area contributed by atoms with Crippen LogP contribution in [0, 0.1) is 11.2 Å². The number of fused-ring (bicyclic) bond motifs is 1. The zero-order valence-corrected chi connectivity index (χ0v) is 16.3. The van der Waals surface area contributed by atoms with Gasteiger partial charge in [-0.1, -0.05) is 26.8 Å². The van der Waals surface area contributed by atoms with Crippen LogP contribution in [0.25, 0.3) is 0 Å². The molecule has 3 rings (SSSR count). The molecular formula is C19H26FN3O2S. The number of halogens is 1. The van der Waals surface area contributed by atoms with Gasteiger partial charge in [-0.25, -0.2) is 4.39 Å². The molecule has 2 N–H and O–H groups in total. The van der Waals surface area contributed by atoms with E-state index in [0.717, 1.165) is 12.1 Å². The van der Waals surface area contributed by atoms with Gasteiger partial charge in [0, 0.05) is 18.7 Å². The highest BCUT2D eigenvalue weighted by Crippen LogP contribution is 2.29. The van der Waals surface area contributed by atoms with Crippen molar-refractivity contribution in [2.75, 3.05) is 23.5 Å². The Balaban J connectivity index is 1.72. The molecule has 0 radical (unpaired) electrons. The number of nitrogens with zero attached hydrogens (tertiary/aromatic N) is 1. The maximum absolute atomic E-state index is 14.8. The predicted molar refractivity (Wildman–Crippen MR) is 102 cm³/mol. The number of hydrogen-bond acceptors (Lipinski definition) is 4. The molecule has 1 aromatic carbocycles. The lowest BCUT2D eigenvalue weighted by molar-refractivity contribution is -0.137. The van der Waals surface area contributed by atoms with Crippen LogP contribution in [0.15, 0.2) is 12.1 Å². The first kappa shape index (κ1) is 19.2. The Hall–Kier alpha value is -1.60. The predicted octanol–water partition coefficient (Wildman–Crippen LogP) is 2.75. The van der Waals surface area contributed by atoms with Crippen LogP contribution in [0.3, 0.4) is 0 Å². The highest BCUT2D eigenvalue weighted by molar-refractivity contribution is 7.99. The summed E-state index contributed by atoms with van der Waals surface area (Å²) in [5.74, 6) is 0.351. The van der Waals surface area contributed by atoms with Crippen molar-refractivity contribution >= 4 is 29.3 Å². The van der Waals surface area contributed by atoms with Gasteiger partial charge in [-0.2, -0.15) is 0 Å². The summed E-state index contributed by atoms with van der Waals surface area (Å²) in [7, 11) is 0. The van der Waals surface area contributed by atoms with E-state index in [1.165, 1.54) is 0 Å². The van der Waals surface area contributed by atoms with Gasteiger partial charge in [-0.15, -0.1) is 11.8 Å². The first-order chi connectivity index (χ1) is 12.3. The van der Waals surface area contributed by atoms with Gasteiger partial charge in [0.25, 0.3) is 0 Å². The summed E-state index contributed by atoms with van der Waals surface area (Å²) in [6, 6.07) is 2.92. The fourth-order valence-electron chi connectivity index (χ4n) is 3.31. The Morgan fingerprint density at radius 3 is 2.88 bits per heavy atom. The Labute approximate surface area is 158 Å². The average Bonchev–Trinajstić information content (AvgIpc) is 3.06. The molecule has 2 aliphatic heterocycles. The first-order valence-corrected chi connectivity index (χ1v) is 10.1. The summed E-state index contributed by atoms with van der Waals surface area (Å²) < 4.78 is 14.8. The van der Waals surface area contributed by atoms with Crippen molar-refractivity contribution in [1.29, 1.82) is 0 Å². The Bertz CT molecular complexity index is 717. The zero-order chi connectivity index (χ0) is 18.9. The quantitative estimate of drug-likeness (QED) is 0.848. The van der Waals surface area contributed by atoms with Crippen molar-refractivity contribution < 1.29 is 14.0 Å². The minimum atomic E-state index is -0.549. The van der Waals surface area contributed by atoms with Crippen LogP contribution in [0.2, 0.25) is 0 Å². The average molecular weight is 380 g/mol. The molecule has 0 aliphatic carbocycles. The molecule has 2 aliphatic rings. The number of nitrogens with one attached hydrogen (secondary N) is 2. The molecule has 1 saturated heterocycles. The lowest BCUT2D eigenvalue weighted by Crippen LogP contribution is -2.45. The third-order valence-electron chi connectivity index (χ3n) is 4.65. The van der Waals surface area contributed by atoms with E-state index in [1.54, 1.807) is 22.7 Å². The molecule has 26 heavy (non-hydrogen) atoms. The molecule has 0 bridgehead atoms. The monoisotopic (exact) mass is 379 g/mol. The van der Waals surface area contributed by atoms with Crippen molar-refractivity contribution in [3.05, 3.63) is 29.1 Å². The minimum Gasteiger partial charge on any atom is -0.322 e. The molecule has 2 amide bonds. The number of hydrogen-bond donors (Lipinski definition) is 2. The normalized spacial score (nSPS) is 20.0. The van der Waals surface area contributed by atoms with Crippen LogP contribution < -0.4 is 10.6 Å². The van der Waals surface area contributed by atoms with E-state index < -0.39 is 6.04 Å². The van der Waals surface area contributed by atoms with E-state index in [-0.39, 0.29) is 28.7 Å². The Kier molecular flexibility index (Phi) is 5.58. The number of carbonyl (C=O) groups excluding carboxylic acids is 2. The van der Waals surface area contributed by atoms with E-state index in [1.807, 2.05) is 26.8 Å². The van der Waals surface area contributed by atoms with E-state index in [4.69, 9.17) is 0 Å². The van der Waals surface area contributed by atoms with Crippen molar-refractivity contribution in [3.63, 3.8) is 0 Å². The highest BCUT2D eigenvalue weighted by atomic mass is 32.2. The smallest absolute Gasteiger partial charge is 0.248 e. The Morgan fingerprint density at radius 1 is 1.38 bits per heavy atom. The number of amides is 2. The fraction of sp³-hybridized carbons (Fsp3) is 0.579. The lowest BCUT2D eigenvalue weighted by Gasteiger charge is -2.27. The summed E-state index contributed by atoms with van der Waals surface area (Å²) in [6.45, 7) is 7.38. The van der Waals surface area contributed by atoms with Gasteiger partial charge in [-0.05, 0) is 35.6 Å². The van der Waals surface area contributed by atoms with E-state index in [0.29, 0.717) is 36.6 Å². The molecule has 0 spiro atoms. The maximum atomic E-state index is 14.8. The van der Waals surface area contributed by atoms with Gasteiger partial charge in [0.1, 0.15) is 11.9 Å². The van der Waals surface area contributed by atoms with Gasteiger partial charge in [0.2, 0.25) is 11.8 Å². The van der Waals surface area contributed by atoms with Crippen LogP contribution in [-0.2, 0) is 22.6 Å². The fourth-order valence-corrected chi connectivity index (χ4v) is 4.49. The topological polar surface area (TPSA) is 61.4 Å². The summed E-state index contributed by atoms with van der Waals surface area (Å²) >= 11 is 1.55. The molecular weight excluding hydrogens is 353 g/mol. The molecule has 2 heterocycles. The van der Waals surface area contributed by atoms with Gasteiger partial charge in [0.05, 0.1) is 11.6 Å². The van der Waals surface area contributed by atoms with Crippen LogP contribution in [0.1, 0.15) is 38.3 Å². The van der Waals surface area contributed by atoms with E-state index in [9.17, 15) is 14.0 Å². The molecule has 1 unspecified atom stereocenters. The molecule has 5 nitrogen and oxygen atoms in total. The first-order valence-electron chi connectivity index (χ1n) is 8.95. The number of rotatable bonds is 3. The second-order valence-electron chi connectivity index (χ2n) is 8.10. The van der Waals surface area contributed by atoms with Crippen LogP contribution in [0.4, 0.5) is 10.1 Å². The van der Waals surface area contributed by atoms with Crippen molar-refractivity contribution in [3.8, 4) is 0 Å². The van der Waals surface area contributed by atoms with Crippen LogP contribution >= 0.6 is 11.8 Å². The Morgan fingerprint density at radius 2 is 2.15 bits per heavy atom. The molecule has 7 heteroatoms. The van der Waals surface area contributed by atoms with Gasteiger partial charge in [0.15, 0.2) is 0 Å². The van der Waals surface area contributed by atoms with Gasteiger partial charge >= 0.3 is 0 Å². The molecule has 1 atom stereocenters. The number of benzene rings is 1. The van der Waals surface area contributed by atoms with E-state index in [2.05, 4.69) is 10.6 Å². The third kappa shape index (κ3) is 4.20. The van der Waals surface area contributed by atoms with Crippen molar-refractivity contribution in [1.82, 2.24) is 10.2 Å². The van der Waals surface area contributed by atoms with Crippen LogP contribution in [-0.4, -0.2) is 40.9 Å². The number of thioether (sulfide) groups is 1. The van der Waals surface area contributed by atoms with Gasteiger partial charge < -0.3 is 15.5 Å². The van der Waals surface area contributed by atoms with Crippen LogP contribution in [0.5, 0.6) is 0 Å². The highest BCUT2D eigenvalue weighted by Gasteiger charge is 2.36. The molecule has 0 aromatic heterocycles. The number of carbonyl (C=O) groups is 2. The molecule has 0 saturated carbocycles. The standard InChI is InChI=1S/C19H26FN3O2S/c1-19(2,3)8-16(24)23-11-26-10-15(23)18(25)22-14-5-4-12-9-21-7-6-13(12)17(14)20/h4-5,15,21H,6-11H2,1-3H3,(H,22,25). The summed E-state index contributed by atoms with van der Waals surface area (Å²) in [5.41, 5.74) is 1.67. The SMILES string of the molecule is CC(C)(C)CC(=O)N1CSCC1C(=O)Nc1ccc2c(c1F)CCNC2. The third-order valence-corrected chi connectivity index (χ3v) is 5.66. The van der Waals surface area contributed by atoms with Crippen molar-refractivity contribution in [2.24, 2.45) is 5.41 Å². The molecule has 142 valence electrons. The number of anilines is 1. The van der Waals surface area contributed by atoms with E-state index >= 15 is 0 Å². The maximum Gasteiger partial charge on any atom is 0.248 e. The largest absolute Gasteiger partial charge is 0.322 e. The summed E-state index contributed by atoms with van der Waals surface area (Å²) in [6.07, 6.45) is 0.998. The second kappa shape index (κ2) is 7.56. The minimum absolute atomic E-state index is 0.0281. The lowest BCUT2D eigenvalue weighted by atomic mass is 9.91. The molecule has 1 fully saturated rings. The molecule has 1 aromatic rings. The summed E-state index contributed by atoms with van der Waals surface area (Å²) in [4.78, 5) is 26.9. The zero-order valence-electron chi connectivity index (χ0n) is 15.5.